The lowest BCUT2D eigenvalue weighted by atomic mass is 10.2. The van der Waals surface area contributed by atoms with Crippen LogP contribution in [0.5, 0.6) is 5.75 Å². The molecule has 1 aliphatic rings. The molecule has 1 aliphatic heterocycles. The van der Waals surface area contributed by atoms with Gasteiger partial charge in [0.1, 0.15) is 17.2 Å². The molecule has 1 aromatic heterocycles. The predicted octanol–water partition coefficient (Wildman–Crippen LogP) is 2.86. The Hall–Kier alpha value is -3.60. The van der Waals surface area contributed by atoms with Crippen molar-refractivity contribution in [2.45, 2.75) is 19.6 Å². The van der Waals surface area contributed by atoms with Gasteiger partial charge < -0.3 is 23.9 Å². The highest BCUT2D eigenvalue weighted by atomic mass is 79.9. The Balaban J connectivity index is 1.72. The lowest BCUT2D eigenvalue weighted by molar-refractivity contribution is -0.147. The lowest BCUT2D eigenvalue weighted by Crippen LogP contribution is -2.30. The maximum absolute atomic E-state index is 12.7. The number of ether oxygens (including phenoxy) is 3. The van der Waals surface area contributed by atoms with E-state index in [2.05, 4.69) is 30.7 Å². The highest BCUT2D eigenvalue weighted by molar-refractivity contribution is 9.10. The summed E-state index contributed by atoms with van der Waals surface area (Å²) in [4.78, 5) is 48.9. The number of nitrogens with one attached hydrogen (secondary N) is 1. The molecule has 11 heteroatoms. The highest BCUT2D eigenvalue weighted by Crippen LogP contribution is 2.28. The summed E-state index contributed by atoms with van der Waals surface area (Å²) < 4.78 is 20.6. The summed E-state index contributed by atoms with van der Waals surface area (Å²) in [5.41, 5.74) is 0.671. The molecule has 0 saturated carbocycles. The Morgan fingerprint density at radius 1 is 1.19 bits per heavy atom. The second-order valence-corrected chi connectivity index (χ2v) is 7.46. The minimum absolute atomic E-state index is 0.0287. The van der Waals surface area contributed by atoms with Crippen LogP contribution >= 0.6 is 15.9 Å². The Morgan fingerprint density at radius 2 is 1.94 bits per heavy atom. The molecule has 0 bridgehead atoms. The monoisotopic (exact) mass is 506 g/mol. The average Bonchev–Trinajstić information content (AvgIpc) is 3.35. The standard InChI is InChI=1S/C21H19BrN2O8/c1-11(19(26)29-2)31-16-6-4-12(8-14(16)22)9-15-18(25)24(21(28)23-15)10-13-5-7-17(32-13)20(27)30-3/h4-9,11H,10H2,1-3H3,(H,23,28)/b15-9-/t11-/m0/s1. The third kappa shape index (κ3) is 4.99. The zero-order valence-electron chi connectivity index (χ0n) is 17.3. The van der Waals surface area contributed by atoms with Crippen LogP contribution in [0.4, 0.5) is 4.79 Å². The largest absolute Gasteiger partial charge is 0.478 e. The van der Waals surface area contributed by atoms with Crippen molar-refractivity contribution in [3.05, 3.63) is 57.6 Å². The summed E-state index contributed by atoms with van der Waals surface area (Å²) in [5, 5.41) is 2.51. The number of hydrogen-bond donors (Lipinski definition) is 1. The summed E-state index contributed by atoms with van der Waals surface area (Å²) in [7, 11) is 2.49. The fourth-order valence-electron chi connectivity index (χ4n) is 2.82. The van der Waals surface area contributed by atoms with Gasteiger partial charge in [-0.15, -0.1) is 0 Å². The molecule has 0 aliphatic carbocycles. The number of esters is 2. The zero-order chi connectivity index (χ0) is 23.4. The molecule has 1 N–H and O–H groups in total. The van der Waals surface area contributed by atoms with E-state index in [1.807, 2.05) is 0 Å². The first-order valence-electron chi connectivity index (χ1n) is 9.29. The number of urea groups is 1. The van der Waals surface area contributed by atoms with E-state index < -0.39 is 30.0 Å². The maximum atomic E-state index is 12.7. The van der Waals surface area contributed by atoms with Crippen molar-refractivity contribution in [3.63, 3.8) is 0 Å². The molecule has 1 aromatic carbocycles. The van der Waals surface area contributed by atoms with Crippen LogP contribution in [-0.2, 0) is 25.6 Å². The van der Waals surface area contributed by atoms with Gasteiger partial charge in [0.15, 0.2) is 6.10 Å². The molecule has 1 fully saturated rings. The van der Waals surface area contributed by atoms with E-state index in [1.54, 1.807) is 25.1 Å². The van der Waals surface area contributed by atoms with Gasteiger partial charge in [-0.25, -0.2) is 14.4 Å². The van der Waals surface area contributed by atoms with Gasteiger partial charge in [0, 0.05) is 0 Å². The van der Waals surface area contributed by atoms with Crippen molar-refractivity contribution < 1.29 is 37.8 Å². The number of hydrogen-bond acceptors (Lipinski definition) is 8. The van der Waals surface area contributed by atoms with E-state index >= 15 is 0 Å². The number of methoxy groups -OCH3 is 2. The molecular formula is C21H19BrN2O8. The smallest absolute Gasteiger partial charge is 0.373 e. The van der Waals surface area contributed by atoms with Gasteiger partial charge in [-0.1, -0.05) is 6.07 Å². The molecule has 168 valence electrons. The fraction of sp³-hybridized carbons (Fsp3) is 0.238. The van der Waals surface area contributed by atoms with Gasteiger partial charge in [0.05, 0.1) is 25.2 Å². The van der Waals surface area contributed by atoms with Crippen LogP contribution in [-0.4, -0.2) is 49.1 Å². The lowest BCUT2D eigenvalue weighted by Gasteiger charge is -2.14. The summed E-state index contributed by atoms with van der Waals surface area (Å²) in [6, 6.07) is 7.21. The number of furan rings is 1. The van der Waals surface area contributed by atoms with Crippen LogP contribution in [0.2, 0.25) is 0 Å². The van der Waals surface area contributed by atoms with Gasteiger partial charge in [0.2, 0.25) is 5.76 Å². The molecule has 1 saturated heterocycles. The second kappa shape index (κ2) is 9.69. The van der Waals surface area contributed by atoms with Crippen molar-refractivity contribution >= 4 is 45.9 Å². The first kappa shape index (κ1) is 23.1. The predicted molar refractivity (Wildman–Crippen MR) is 113 cm³/mol. The van der Waals surface area contributed by atoms with Crippen molar-refractivity contribution in [1.29, 1.82) is 0 Å². The van der Waals surface area contributed by atoms with Crippen molar-refractivity contribution in [3.8, 4) is 5.75 Å². The van der Waals surface area contributed by atoms with Crippen molar-refractivity contribution in [2.24, 2.45) is 0 Å². The Labute approximate surface area is 191 Å². The molecule has 3 rings (SSSR count). The van der Waals surface area contributed by atoms with E-state index in [1.165, 1.54) is 32.4 Å². The van der Waals surface area contributed by atoms with Gasteiger partial charge >= 0.3 is 18.0 Å². The van der Waals surface area contributed by atoms with E-state index in [0.717, 1.165) is 4.90 Å². The minimum atomic E-state index is -0.800. The Bertz CT molecular complexity index is 1110. The van der Waals surface area contributed by atoms with Crippen LogP contribution in [0.1, 0.15) is 28.8 Å². The molecule has 3 amide bonds. The van der Waals surface area contributed by atoms with Gasteiger partial charge in [-0.05, 0) is 58.8 Å². The van der Waals surface area contributed by atoms with Gasteiger partial charge in [-0.2, -0.15) is 0 Å². The minimum Gasteiger partial charge on any atom is -0.478 e. The second-order valence-electron chi connectivity index (χ2n) is 6.61. The van der Waals surface area contributed by atoms with Crippen LogP contribution < -0.4 is 10.1 Å². The SMILES string of the molecule is COC(=O)c1ccc(CN2C(=O)N/C(=C\c3ccc(O[C@@H](C)C(=O)OC)c(Br)c3)C2=O)o1. The third-order valence-corrected chi connectivity index (χ3v) is 5.05. The normalized spacial score (nSPS) is 15.5. The number of imide groups is 1. The van der Waals surface area contributed by atoms with Crippen molar-refractivity contribution in [2.75, 3.05) is 14.2 Å². The number of benzene rings is 1. The molecule has 0 unspecified atom stereocenters. The zero-order valence-corrected chi connectivity index (χ0v) is 18.9. The summed E-state index contributed by atoms with van der Waals surface area (Å²) in [5.74, 6) is -1.10. The fourth-order valence-corrected chi connectivity index (χ4v) is 3.31. The van der Waals surface area contributed by atoms with E-state index in [0.29, 0.717) is 15.8 Å². The average molecular weight is 507 g/mol. The number of nitrogens with zero attached hydrogens (tertiary/aromatic N) is 1. The van der Waals surface area contributed by atoms with E-state index in [4.69, 9.17) is 9.15 Å². The van der Waals surface area contributed by atoms with Gasteiger partial charge in [0.25, 0.3) is 5.91 Å². The number of halogens is 1. The van der Waals surface area contributed by atoms with Crippen LogP contribution in [0.15, 0.2) is 44.9 Å². The third-order valence-electron chi connectivity index (χ3n) is 4.43. The quantitative estimate of drug-likeness (QED) is 0.345. The molecule has 10 nitrogen and oxygen atoms in total. The summed E-state index contributed by atoms with van der Waals surface area (Å²) >= 11 is 3.36. The van der Waals surface area contributed by atoms with Crippen LogP contribution in [0, 0.1) is 0 Å². The summed E-state index contributed by atoms with van der Waals surface area (Å²) in [6.45, 7) is 1.41. The number of rotatable bonds is 7. The molecule has 0 radical (unpaired) electrons. The maximum Gasteiger partial charge on any atom is 0.373 e. The number of carbonyl (C=O) groups is 4. The first-order chi connectivity index (χ1) is 15.2. The molecule has 32 heavy (non-hydrogen) atoms. The first-order valence-corrected chi connectivity index (χ1v) is 10.1. The number of amides is 3. The topological polar surface area (TPSA) is 124 Å². The van der Waals surface area contributed by atoms with E-state index in [-0.39, 0.29) is 23.8 Å². The number of carbonyl (C=O) groups excluding carboxylic acids is 4. The Kier molecular flexibility index (Phi) is 6.98. The van der Waals surface area contributed by atoms with Crippen molar-refractivity contribution in [1.82, 2.24) is 10.2 Å². The summed E-state index contributed by atoms with van der Waals surface area (Å²) in [6.07, 6.45) is 0.701. The highest BCUT2D eigenvalue weighted by Gasteiger charge is 2.34. The molecule has 2 aromatic rings. The van der Waals surface area contributed by atoms with Crippen LogP contribution in [0.25, 0.3) is 6.08 Å². The molecule has 0 spiro atoms. The molecular weight excluding hydrogens is 488 g/mol. The Morgan fingerprint density at radius 3 is 2.59 bits per heavy atom. The van der Waals surface area contributed by atoms with Crippen LogP contribution in [0.3, 0.4) is 0 Å². The molecule has 2 heterocycles. The molecule has 1 atom stereocenters. The van der Waals surface area contributed by atoms with Gasteiger partial charge in [-0.3, -0.25) is 9.69 Å². The van der Waals surface area contributed by atoms with E-state index in [9.17, 15) is 19.2 Å².